The number of hydrogen-bond donors (Lipinski definition) is 0. The molecule has 0 unspecified atom stereocenters. The van der Waals surface area contributed by atoms with Crippen molar-refractivity contribution in [3.63, 3.8) is 0 Å². The van der Waals surface area contributed by atoms with E-state index in [1.165, 1.54) is 70.1 Å². The number of thiophene rings is 1. The quantitative estimate of drug-likeness (QED) is 0.163. The summed E-state index contributed by atoms with van der Waals surface area (Å²) in [5.74, 6) is 0. The molecule has 4 heteroatoms. The lowest BCUT2D eigenvalue weighted by Crippen LogP contribution is -2.25. The second-order valence-corrected chi connectivity index (χ2v) is 18.0. The Labute approximate surface area is 359 Å². The van der Waals surface area contributed by atoms with Crippen LogP contribution in [0.1, 0.15) is 22.3 Å². The third-order valence-electron chi connectivity index (χ3n) is 14.0. The predicted molar refractivity (Wildman–Crippen MR) is 258 cm³/mol. The van der Waals surface area contributed by atoms with Crippen molar-refractivity contribution in [2.24, 2.45) is 0 Å². The first-order valence-corrected chi connectivity index (χ1v) is 22.1. The minimum Gasteiger partial charge on any atom is -0.454 e. The van der Waals surface area contributed by atoms with Gasteiger partial charge < -0.3 is 8.98 Å². The number of rotatable bonds is 2. The van der Waals surface area contributed by atoms with Crippen LogP contribution in [0.5, 0.6) is 0 Å². The number of pyridine rings is 1. The smallest absolute Gasteiger partial charge is 0.161 e. The maximum atomic E-state index is 6.74. The van der Waals surface area contributed by atoms with E-state index in [2.05, 4.69) is 199 Å². The summed E-state index contributed by atoms with van der Waals surface area (Å²) in [7, 11) is 0. The van der Waals surface area contributed by atoms with Crippen LogP contribution in [-0.4, -0.2) is 9.55 Å². The maximum absolute atomic E-state index is 6.74. The van der Waals surface area contributed by atoms with E-state index in [1.807, 2.05) is 11.3 Å². The number of furan rings is 1. The molecule has 0 N–H and O–H groups in total. The molecule has 286 valence electrons. The van der Waals surface area contributed by atoms with Crippen LogP contribution in [0.2, 0.25) is 0 Å². The van der Waals surface area contributed by atoms with Crippen LogP contribution in [0, 0.1) is 0 Å². The first-order chi connectivity index (χ1) is 30.7. The van der Waals surface area contributed by atoms with Gasteiger partial charge in [-0.1, -0.05) is 133 Å². The summed E-state index contributed by atoms with van der Waals surface area (Å²) in [4.78, 5) is 5.54. The molecule has 15 rings (SSSR count). The van der Waals surface area contributed by atoms with Gasteiger partial charge in [0.1, 0.15) is 11.1 Å². The van der Waals surface area contributed by atoms with E-state index in [-0.39, 0.29) is 0 Å². The molecule has 0 radical (unpaired) electrons. The Morgan fingerprint density at radius 2 is 1.10 bits per heavy atom. The van der Waals surface area contributed by atoms with Gasteiger partial charge >= 0.3 is 0 Å². The minimum atomic E-state index is -0.425. The van der Waals surface area contributed by atoms with Crippen molar-refractivity contribution in [3.05, 3.63) is 216 Å². The van der Waals surface area contributed by atoms with Crippen molar-refractivity contribution < 1.29 is 4.42 Å². The number of hydrogen-bond acceptors (Lipinski definition) is 3. The van der Waals surface area contributed by atoms with Crippen molar-refractivity contribution in [1.29, 1.82) is 0 Å². The zero-order chi connectivity index (χ0) is 40.3. The fourth-order valence-electron chi connectivity index (χ4n) is 11.5. The molecule has 62 heavy (non-hydrogen) atoms. The van der Waals surface area contributed by atoms with E-state index in [1.54, 1.807) is 0 Å². The first-order valence-electron chi connectivity index (χ1n) is 21.3. The van der Waals surface area contributed by atoms with Gasteiger partial charge in [-0.2, -0.15) is 0 Å². The van der Waals surface area contributed by atoms with Crippen molar-refractivity contribution >= 4 is 86.2 Å². The normalized spacial score (nSPS) is 13.6. The van der Waals surface area contributed by atoms with Crippen LogP contribution < -0.4 is 0 Å². The van der Waals surface area contributed by atoms with E-state index < -0.39 is 5.41 Å². The largest absolute Gasteiger partial charge is 0.454 e. The molecule has 4 heterocycles. The fourth-order valence-corrected chi connectivity index (χ4v) is 12.6. The molecule has 0 bridgehead atoms. The van der Waals surface area contributed by atoms with Gasteiger partial charge in [0, 0.05) is 53.0 Å². The Kier molecular flexibility index (Phi) is 6.24. The Morgan fingerprint density at radius 3 is 1.89 bits per heavy atom. The molecule has 9 aromatic carbocycles. The monoisotopic (exact) mass is 804 g/mol. The molecule has 0 saturated carbocycles. The minimum absolute atomic E-state index is 0.425. The summed E-state index contributed by atoms with van der Waals surface area (Å²) in [6.45, 7) is 0. The van der Waals surface area contributed by atoms with Crippen LogP contribution in [0.3, 0.4) is 0 Å². The molecule has 0 fully saturated rings. The SMILES string of the molecule is c1cc(-c2nc3ccccc3c3cc4c(cc23)-c2ccccc2C42c3ccccc3-c3ccccc32)cc(-n2c3cc4c(cc3c3oc5ccccc5c32)sc2ccccc24)c1. The van der Waals surface area contributed by atoms with Gasteiger partial charge in [-0.25, -0.2) is 4.98 Å². The van der Waals surface area contributed by atoms with E-state index in [4.69, 9.17) is 9.40 Å². The molecule has 13 aromatic rings. The maximum Gasteiger partial charge on any atom is 0.161 e. The van der Waals surface area contributed by atoms with Crippen LogP contribution in [0.15, 0.2) is 199 Å². The molecule has 2 aliphatic rings. The van der Waals surface area contributed by atoms with Crippen LogP contribution >= 0.6 is 11.3 Å². The van der Waals surface area contributed by atoms with Crippen molar-refractivity contribution in [2.75, 3.05) is 0 Å². The summed E-state index contributed by atoms with van der Waals surface area (Å²) >= 11 is 1.84. The second kappa shape index (κ2) is 11.7. The molecule has 3 nitrogen and oxygen atoms in total. The summed E-state index contributed by atoms with van der Waals surface area (Å²) in [5, 5.41) is 8.29. The van der Waals surface area contributed by atoms with Crippen LogP contribution in [0.25, 0.3) is 114 Å². The lowest BCUT2D eigenvalue weighted by Gasteiger charge is -2.30. The number of nitrogens with zero attached hydrogens (tertiary/aromatic N) is 2. The molecule has 1 spiro atoms. The highest BCUT2D eigenvalue weighted by atomic mass is 32.1. The van der Waals surface area contributed by atoms with Crippen molar-refractivity contribution in [3.8, 4) is 39.2 Å². The lowest BCUT2D eigenvalue weighted by atomic mass is 9.70. The predicted octanol–water partition coefficient (Wildman–Crippen LogP) is 15.6. The molecule has 2 aliphatic carbocycles. The van der Waals surface area contributed by atoms with Gasteiger partial charge in [-0.05, 0) is 111 Å². The third kappa shape index (κ3) is 4.03. The highest BCUT2D eigenvalue weighted by Crippen LogP contribution is 2.63. The molecular weight excluding hydrogens is 773 g/mol. The van der Waals surface area contributed by atoms with Gasteiger partial charge in [-0.15, -0.1) is 11.3 Å². The van der Waals surface area contributed by atoms with E-state index >= 15 is 0 Å². The number of benzene rings is 9. The van der Waals surface area contributed by atoms with Gasteiger partial charge in [0.05, 0.1) is 22.1 Å². The molecule has 4 aromatic heterocycles. The van der Waals surface area contributed by atoms with Crippen LogP contribution in [0.4, 0.5) is 0 Å². The summed E-state index contributed by atoms with van der Waals surface area (Å²) in [6, 6.07) is 71.6. The Balaban J connectivity index is 1.02. The standard InChI is InChI=1S/C58H32N2OS/c1-7-22-46-35(16-1)36-17-2-8-23-47(36)58(46)48-24-9-3-18-37(48)42-29-44-41(30-49(42)58)38-19-4-10-25-50(38)59-55(44)33-14-13-15-34(28-33)60-51-31-43-39-20-6-12-27-53(39)62-54(43)32-45(51)57-56(60)40-21-5-11-26-52(40)61-57/h1-32H. The van der Waals surface area contributed by atoms with Crippen molar-refractivity contribution in [1.82, 2.24) is 9.55 Å². The number of para-hydroxylation sites is 2. The third-order valence-corrected chi connectivity index (χ3v) is 15.1. The molecule has 0 aliphatic heterocycles. The fraction of sp³-hybridized carbons (Fsp3) is 0.0172. The molecule has 0 saturated heterocycles. The molecule has 0 amide bonds. The number of aromatic nitrogens is 2. The summed E-state index contributed by atoms with van der Waals surface area (Å²) in [6.07, 6.45) is 0. The molecular formula is C58H32N2OS. The zero-order valence-electron chi connectivity index (χ0n) is 33.2. The Morgan fingerprint density at radius 1 is 0.435 bits per heavy atom. The average Bonchev–Trinajstić information content (AvgIpc) is 4.11. The highest BCUT2D eigenvalue weighted by molar-refractivity contribution is 7.25. The number of fused-ring (bicyclic) bond motifs is 21. The van der Waals surface area contributed by atoms with Crippen LogP contribution in [-0.2, 0) is 5.41 Å². The van der Waals surface area contributed by atoms with Gasteiger partial charge in [0.15, 0.2) is 5.58 Å². The Bertz CT molecular complexity index is 4080. The van der Waals surface area contributed by atoms with E-state index in [0.717, 1.165) is 66.2 Å². The zero-order valence-corrected chi connectivity index (χ0v) is 34.0. The van der Waals surface area contributed by atoms with Gasteiger partial charge in [-0.3, -0.25) is 0 Å². The second-order valence-electron chi connectivity index (χ2n) is 16.9. The lowest BCUT2D eigenvalue weighted by molar-refractivity contribution is 0.673. The molecule has 0 atom stereocenters. The van der Waals surface area contributed by atoms with Crippen molar-refractivity contribution in [2.45, 2.75) is 5.41 Å². The average molecular weight is 805 g/mol. The van der Waals surface area contributed by atoms with Gasteiger partial charge in [0.25, 0.3) is 0 Å². The van der Waals surface area contributed by atoms with E-state index in [0.29, 0.717) is 0 Å². The summed E-state index contributed by atoms with van der Waals surface area (Å²) in [5.41, 5.74) is 18.2. The highest BCUT2D eigenvalue weighted by Gasteiger charge is 2.51. The topological polar surface area (TPSA) is 31.0 Å². The van der Waals surface area contributed by atoms with E-state index in [9.17, 15) is 0 Å². The summed E-state index contributed by atoms with van der Waals surface area (Å²) < 4.78 is 11.7. The Hall–Kier alpha value is -7.79. The van der Waals surface area contributed by atoms with Gasteiger partial charge in [0.2, 0.25) is 0 Å². The first kappa shape index (κ1) is 33.0.